The van der Waals surface area contributed by atoms with E-state index in [1.54, 1.807) is 11.0 Å². The van der Waals surface area contributed by atoms with E-state index in [-0.39, 0.29) is 24.4 Å². The molecule has 1 aliphatic heterocycles. The molecule has 0 bridgehead atoms. The average Bonchev–Trinajstić information content (AvgIpc) is 2.65. The monoisotopic (exact) mass is 345 g/mol. The van der Waals surface area contributed by atoms with E-state index in [2.05, 4.69) is 0 Å². The normalized spacial score (nSPS) is 15.2. The topological polar surface area (TPSA) is 72.9 Å². The smallest absolute Gasteiger partial charge is 0.331 e. The van der Waals surface area contributed by atoms with Crippen molar-refractivity contribution in [2.24, 2.45) is 5.92 Å². The lowest BCUT2D eigenvalue weighted by atomic mass is 9.97. The number of piperidine rings is 1. The van der Waals surface area contributed by atoms with E-state index in [1.165, 1.54) is 13.2 Å². The summed E-state index contributed by atoms with van der Waals surface area (Å²) in [4.78, 5) is 36.8. The Kier molecular flexibility index (Phi) is 6.74. The lowest BCUT2D eigenvalue weighted by Gasteiger charge is -2.30. The molecule has 25 heavy (non-hydrogen) atoms. The Morgan fingerprint density at radius 2 is 1.80 bits per heavy atom. The molecule has 0 saturated carbocycles. The molecule has 0 spiro atoms. The molecule has 1 saturated heterocycles. The number of hydrogen-bond acceptors (Lipinski definition) is 5. The number of methoxy groups -OCH3 is 1. The molecule has 0 aromatic heterocycles. The summed E-state index contributed by atoms with van der Waals surface area (Å²) in [6.07, 6.45) is 4.09. The van der Waals surface area contributed by atoms with Crippen LogP contribution in [0.3, 0.4) is 0 Å². The van der Waals surface area contributed by atoms with Crippen molar-refractivity contribution in [2.75, 3.05) is 26.8 Å². The predicted molar refractivity (Wildman–Crippen MR) is 92.5 cm³/mol. The van der Waals surface area contributed by atoms with E-state index >= 15 is 0 Å². The maximum Gasteiger partial charge on any atom is 0.331 e. The van der Waals surface area contributed by atoms with Crippen LogP contribution in [-0.4, -0.2) is 49.6 Å². The molecule has 1 fully saturated rings. The van der Waals surface area contributed by atoms with Crippen LogP contribution in [0.25, 0.3) is 6.08 Å². The number of rotatable bonds is 5. The van der Waals surface area contributed by atoms with Gasteiger partial charge in [0.15, 0.2) is 6.61 Å². The van der Waals surface area contributed by atoms with Gasteiger partial charge in [0.25, 0.3) is 5.91 Å². The van der Waals surface area contributed by atoms with Crippen LogP contribution in [0, 0.1) is 12.8 Å². The molecule has 1 heterocycles. The summed E-state index contributed by atoms with van der Waals surface area (Å²) in [6, 6.07) is 7.70. The Bertz CT molecular complexity index is 642. The SMILES string of the molecule is COC(=O)C1CCN(C(=O)COC(=O)/C=C/c2ccc(C)cc2)CC1. The zero-order chi connectivity index (χ0) is 18.2. The zero-order valence-corrected chi connectivity index (χ0v) is 14.6. The summed E-state index contributed by atoms with van der Waals surface area (Å²) in [7, 11) is 1.36. The van der Waals surface area contributed by atoms with E-state index < -0.39 is 5.97 Å². The van der Waals surface area contributed by atoms with Crippen molar-refractivity contribution in [1.29, 1.82) is 0 Å². The van der Waals surface area contributed by atoms with Crippen molar-refractivity contribution in [3.63, 3.8) is 0 Å². The van der Waals surface area contributed by atoms with Crippen LogP contribution in [-0.2, 0) is 23.9 Å². The molecule has 2 rings (SSSR count). The first-order chi connectivity index (χ1) is 12.0. The lowest BCUT2D eigenvalue weighted by Crippen LogP contribution is -2.42. The molecule has 0 atom stereocenters. The Hall–Kier alpha value is -2.63. The van der Waals surface area contributed by atoms with Crippen LogP contribution in [0.1, 0.15) is 24.0 Å². The third-order valence-corrected chi connectivity index (χ3v) is 4.21. The standard InChI is InChI=1S/C19H23NO5/c1-14-3-5-15(6-4-14)7-8-18(22)25-13-17(21)20-11-9-16(10-12-20)19(23)24-2/h3-8,16H,9-13H2,1-2H3/b8-7+. The van der Waals surface area contributed by atoms with Crippen LogP contribution < -0.4 is 0 Å². The number of hydrogen-bond donors (Lipinski definition) is 0. The second-order valence-electron chi connectivity index (χ2n) is 6.03. The van der Waals surface area contributed by atoms with Crippen LogP contribution in [0.2, 0.25) is 0 Å². The quantitative estimate of drug-likeness (QED) is 0.602. The first-order valence-corrected chi connectivity index (χ1v) is 8.26. The highest BCUT2D eigenvalue weighted by Gasteiger charge is 2.28. The lowest BCUT2D eigenvalue weighted by molar-refractivity contribution is -0.151. The fraction of sp³-hybridized carbons (Fsp3) is 0.421. The van der Waals surface area contributed by atoms with Crippen molar-refractivity contribution in [3.05, 3.63) is 41.5 Å². The Labute approximate surface area is 147 Å². The number of amides is 1. The largest absolute Gasteiger partial charge is 0.469 e. The first-order valence-electron chi connectivity index (χ1n) is 8.26. The van der Waals surface area contributed by atoms with Crippen LogP contribution in [0.15, 0.2) is 30.3 Å². The molecular formula is C19H23NO5. The second kappa shape index (κ2) is 9.01. The molecule has 6 nitrogen and oxygen atoms in total. The molecule has 1 aromatic rings. The highest BCUT2D eigenvalue weighted by Crippen LogP contribution is 2.18. The molecule has 1 aromatic carbocycles. The minimum atomic E-state index is -0.557. The molecular weight excluding hydrogens is 322 g/mol. The second-order valence-corrected chi connectivity index (χ2v) is 6.03. The summed E-state index contributed by atoms with van der Waals surface area (Å²) in [5, 5.41) is 0. The fourth-order valence-corrected chi connectivity index (χ4v) is 2.65. The number of benzene rings is 1. The number of carbonyl (C=O) groups excluding carboxylic acids is 3. The van der Waals surface area contributed by atoms with Gasteiger partial charge in [0, 0.05) is 19.2 Å². The maximum atomic E-state index is 12.1. The Balaban J connectivity index is 1.73. The minimum absolute atomic E-state index is 0.158. The predicted octanol–water partition coefficient (Wildman–Crippen LogP) is 1.96. The van der Waals surface area contributed by atoms with Crippen molar-refractivity contribution in [1.82, 2.24) is 4.90 Å². The summed E-state index contributed by atoms with van der Waals surface area (Å²) in [5.74, 6) is -1.20. The van der Waals surface area contributed by atoms with Gasteiger partial charge in [-0.25, -0.2) is 4.79 Å². The van der Waals surface area contributed by atoms with Gasteiger partial charge in [-0.05, 0) is 31.4 Å². The number of ether oxygens (including phenoxy) is 2. The van der Waals surface area contributed by atoms with Gasteiger partial charge < -0.3 is 14.4 Å². The average molecular weight is 345 g/mol. The van der Waals surface area contributed by atoms with Gasteiger partial charge in [0.1, 0.15) is 0 Å². The highest BCUT2D eigenvalue weighted by atomic mass is 16.5. The van der Waals surface area contributed by atoms with E-state index in [0.717, 1.165) is 11.1 Å². The molecule has 1 amide bonds. The maximum absolute atomic E-state index is 12.1. The number of aryl methyl sites for hydroxylation is 1. The molecule has 0 radical (unpaired) electrons. The van der Waals surface area contributed by atoms with Gasteiger partial charge in [-0.15, -0.1) is 0 Å². The molecule has 0 aliphatic carbocycles. The van der Waals surface area contributed by atoms with Crippen molar-refractivity contribution < 1.29 is 23.9 Å². The van der Waals surface area contributed by atoms with Crippen molar-refractivity contribution in [2.45, 2.75) is 19.8 Å². The molecule has 1 aliphatic rings. The van der Waals surface area contributed by atoms with Gasteiger partial charge >= 0.3 is 11.9 Å². The summed E-state index contributed by atoms with van der Waals surface area (Å²) in [5.41, 5.74) is 2.03. The highest BCUT2D eigenvalue weighted by molar-refractivity contribution is 5.89. The number of nitrogens with zero attached hydrogens (tertiary/aromatic N) is 1. The molecule has 0 unspecified atom stereocenters. The fourth-order valence-electron chi connectivity index (χ4n) is 2.65. The summed E-state index contributed by atoms with van der Waals surface area (Å²) in [6.45, 7) is 2.63. The zero-order valence-electron chi connectivity index (χ0n) is 14.6. The van der Waals surface area contributed by atoms with Crippen molar-refractivity contribution >= 4 is 23.9 Å². The number of esters is 2. The van der Waals surface area contributed by atoms with E-state index in [1.807, 2.05) is 31.2 Å². The van der Waals surface area contributed by atoms with Gasteiger partial charge in [-0.2, -0.15) is 0 Å². The van der Waals surface area contributed by atoms with Crippen LogP contribution in [0.4, 0.5) is 0 Å². The Morgan fingerprint density at radius 3 is 2.40 bits per heavy atom. The summed E-state index contributed by atoms with van der Waals surface area (Å²) < 4.78 is 9.70. The van der Waals surface area contributed by atoms with E-state index in [9.17, 15) is 14.4 Å². The van der Waals surface area contributed by atoms with Gasteiger partial charge in [-0.1, -0.05) is 29.8 Å². The first kappa shape index (κ1) is 18.7. The summed E-state index contributed by atoms with van der Waals surface area (Å²) >= 11 is 0. The number of carbonyl (C=O) groups is 3. The third kappa shape index (κ3) is 5.74. The molecule has 134 valence electrons. The molecule has 0 N–H and O–H groups in total. The van der Waals surface area contributed by atoms with Crippen LogP contribution in [0.5, 0.6) is 0 Å². The van der Waals surface area contributed by atoms with E-state index in [4.69, 9.17) is 9.47 Å². The van der Waals surface area contributed by atoms with Crippen molar-refractivity contribution in [3.8, 4) is 0 Å². The number of likely N-dealkylation sites (tertiary alicyclic amines) is 1. The minimum Gasteiger partial charge on any atom is -0.469 e. The van der Waals surface area contributed by atoms with Crippen LogP contribution >= 0.6 is 0 Å². The van der Waals surface area contributed by atoms with E-state index in [0.29, 0.717) is 25.9 Å². The Morgan fingerprint density at radius 1 is 1.16 bits per heavy atom. The van der Waals surface area contributed by atoms with Gasteiger partial charge in [0.2, 0.25) is 0 Å². The molecule has 6 heteroatoms. The van der Waals surface area contributed by atoms with Gasteiger partial charge in [-0.3, -0.25) is 9.59 Å². The van der Waals surface area contributed by atoms with Gasteiger partial charge in [0.05, 0.1) is 13.0 Å². The third-order valence-electron chi connectivity index (χ3n) is 4.21.